The van der Waals surface area contributed by atoms with Gasteiger partial charge in [-0.25, -0.2) is 17.6 Å². The molecule has 6 nitrogen and oxygen atoms in total. The molecule has 0 saturated carbocycles. The molecule has 24 heavy (non-hydrogen) atoms. The highest BCUT2D eigenvalue weighted by Crippen LogP contribution is 2.26. The highest BCUT2D eigenvalue weighted by Gasteiger charge is 2.46. The molecule has 0 aromatic heterocycles. The summed E-state index contributed by atoms with van der Waals surface area (Å²) < 4.78 is 37.4. The second-order valence-electron chi connectivity index (χ2n) is 5.88. The maximum absolute atomic E-state index is 13.9. The Labute approximate surface area is 140 Å². The number of halogens is 1. The topological polar surface area (TPSA) is 91.8 Å². The number of aliphatic carboxylic acids is 1. The monoisotopic (exact) mass is 357 g/mol. The van der Waals surface area contributed by atoms with Crippen molar-refractivity contribution in [2.24, 2.45) is 0 Å². The lowest BCUT2D eigenvalue weighted by molar-refractivity contribution is -0.150. The Kier molecular flexibility index (Phi) is 5.27. The van der Waals surface area contributed by atoms with Gasteiger partial charge in [-0.2, -0.15) is 0 Å². The van der Waals surface area contributed by atoms with Crippen LogP contribution in [0.15, 0.2) is 29.2 Å². The van der Waals surface area contributed by atoms with Gasteiger partial charge in [-0.3, -0.25) is 4.79 Å². The van der Waals surface area contributed by atoms with Gasteiger partial charge in [0.1, 0.15) is 0 Å². The summed E-state index contributed by atoms with van der Waals surface area (Å²) in [7, 11) is -3.25. The van der Waals surface area contributed by atoms with Gasteiger partial charge in [-0.05, 0) is 24.1 Å². The minimum absolute atomic E-state index is 0.0222. The van der Waals surface area contributed by atoms with Crippen molar-refractivity contribution in [3.8, 4) is 0 Å². The third-order valence-corrected chi connectivity index (χ3v) is 6.00. The van der Waals surface area contributed by atoms with E-state index >= 15 is 0 Å². The second-order valence-corrected chi connectivity index (χ2v) is 8.16. The first-order valence-electron chi connectivity index (χ1n) is 7.70. The van der Waals surface area contributed by atoms with Crippen molar-refractivity contribution in [2.75, 3.05) is 18.8 Å². The molecule has 1 saturated heterocycles. The SMILES string of the molecule is CCS(=O)(=O)c1ccc(CCC(=O)N2CCC(F)(C(=O)O)C2)cc1. The maximum atomic E-state index is 13.9. The summed E-state index contributed by atoms with van der Waals surface area (Å²) in [5.74, 6) is -1.82. The van der Waals surface area contributed by atoms with Gasteiger partial charge in [-0.15, -0.1) is 0 Å². The van der Waals surface area contributed by atoms with E-state index in [1.807, 2.05) is 0 Å². The number of hydrogen-bond acceptors (Lipinski definition) is 4. The Hall–Kier alpha value is -1.96. The number of nitrogens with zero attached hydrogens (tertiary/aromatic N) is 1. The molecule has 1 heterocycles. The fourth-order valence-electron chi connectivity index (χ4n) is 2.60. The van der Waals surface area contributed by atoms with Gasteiger partial charge < -0.3 is 10.0 Å². The van der Waals surface area contributed by atoms with Crippen LogP contribution in [0.25, 0.3) is 0 Å². The molecule has 1 aliphatic rings. The summed E-state index contributed by atoms with van der Waals surface area (Å²) in [5, 5.41) is 8.83. The predicted octanol–water partition coefficient (Wildman–Crippen LogP) is 1.44. The Balaban J connectivity index is 1.92. The molecule has 1 fully saturated rings. The number of carbonyl (C=O) groups is 2. The highest BCUT2D eigenvalue weighted by atomic mass is 32.2. The molecule has 1 aromatic carbocycles. The zero-order valence-corrected chi connectivity index (χ0v) is 14.2. The number of carboxylic acid groups (broad SMARTS) is 1. The molecule has 1 N–H and O–H groups in total. The van der Waals surface area contributed by atoms with E-state index in [4.69, 9.17) is 5.11 Å². The largest absolute Gasteiger partial charge is 0.479 e. The first-order valence-corrected chi connectivity index (χ1v) is 9.35. The van der Waals surface area contributed by atoms with E-state index in [-0.39, 0.29) is 35.9 Å². The van der Waals surface area contributed by atoms with Gasteiger partial charge in [-0.1, -0.05) is 19.1 Å². The molecule has 1 unspecified atom stereocenters. The highest BCUT2D eigenvalue weighted by molar-refractivity contribution is 7.91. The van der Waals surface area contributed by atoms with E-state index in [1.54, 1.807) is 19.1 Å². The fourth-order valence-corrected chi connectivity index (χ4v) is 3.48. The van der Waals surface area contributed by atoms with Crippen molar-refractivity contribution in [1.82, 2.24) is 4.90 Å². The van der Waals surface area contributed by atoms with Crippen molar-refractivity contribution in [3.63, 3.8) is 0 Å². The summed E-state index contributed by atoms with van der Waals surface area (Å²) >= 11 is 0. The van der Waals surface area contributed by atoms with Crippen LogP contribution in [-0.4, -0.2) is 54.8 Å². The number of benzene rings is 1. The molecule has 0 aliphatic carbocycles. The Morgan fingerprint density at radius 1 is 1.29 bits per heavy atom. The zero-order valence-electron chi connectivity index (χ0n) is 13.4. The number of likely N-dealkylation sites (tertiary alicyclic amines) is 1. The van der Waals surface area contributed by atoms with Crippen molar-refractivity contribution in [1.29, 1.82) is 0 Å². The molecule has 1 amide bonds. The van der Waals surface area contributed by atoms with Gasteiger partial charge in [0.05, 0.1) is 17.2 Å². The van der Waals surface area contributed by atoms with Crippen LogP contribution in [0.1, 0.15) is 25.3 Å². The maximum Gasteiger partial charge on any atom is 0.343 e. The van der Waals surface area contributed by atoms with Crippen LogP contribution >= 0.6 is 0 Å². The summed E-state index contributed by atoms with van der Waals surface area (Å²) in [6.45, 7) is 1.24. The van der Waals surface area contributed by atoms with Crippen molar-refractivity contribution >= 4 is 21.7 Å². The summed E-state index contributed by atoms with van der Waals surface area (Å²) in [6, 6.07) is 6.31. The molecule has 0 bridgehead atoms. The number of carbonyl (C=O) groups excluding carboxylic acids is 1. The van der Waals surface area contributed by atoms with Crippen LogP contribution in [0.4, 0.5) is 4.39 Å². The van der Waals surface area contributed by atoms with E-state index in [0.717, 1.165) is 5.56 Å². The number of aryl methyl sites for hydroxylation is 1. The lowest BCUT2D eigenvalue weighted by atomic mass is 10.1. The number of amides is 1. The molecular weight excluding hydrogens is 337 g/mol. The summed E-state index contributed by atoms with van der Waals surface area (Å²) in [5.41, 5.74) is -1.56. The Morgan fingerprint density at radius 3 is 2.42 bits per heavy atom. The van der Waals surface area contributed by atoms with Gasteiger partial charge >= 0.3 is 5.97 Å². The third-order valence-electron chi connectivity index (χ3n) is 4.25. The van der Waals surface area contributed by atoms with E-state index < -0.39 is 28.0 Å². The second kappa shape index (κ2) is 6.88. The van der Waals surface area contributed by atoms with E-state index in [0.29, 0.717) is 6.42 Å². The molecular formula is C16H20FNO5S. The quantitative estimate of drug-likeness (QED) is 0.832. The number of sulfone groups is 1. The zero-order chi connectivity index (χ0) is 18.0. The Bertz CT molecular complexity index is 731. The lowest BCUT2D eigenvalue weighted by Gasteiger charge is -2.17. The average Bonchev–Trinajstić information content (AvgIpc) is 2.97. The van der Waals surface area contributed by atoms with E-state index in [1.165, 1.54) is 17.0 Å². The van der Waals surface area contributed by atoms with Crippen LogP contribution in [0.5, 0.6) is 0 Å². The standard InChI is InChI=1S/C16H20FNO5S/c1-2-24(22,23)13-6-3-12(4-7-13)5-8-14(19)18-10-9-16(17,11-18)15(20)21/h3-4,6-7H,2,5,8-11H2,1H3,(H,20,21). The smallest absolute Gasteiger partial charge is 0.343 e. The van der Waals surface area contributed by atoms with Crippen LogP contribution < -0.4 is 0 Å². The number of carboxylic acids is 1. The minimum Gasteiger partial charge on any atom is -0.479 e. The number of alkyl halides is 1. The summed E-state index contributed by atoms with van der Waals surface area (Å²) in [6.07, 6.45) is 0.307. The Morgan fingerprint density at radius 2 is 1.92 bits per heavy atom. The summed E-state index contributed by atoms with van der Waals surface area (Å²) in [4.78, 5) is 24.4. The molecule has 1 atom stereocenters. The van der Waals surface area contributed by atoms with Gasteiger partial charge in [0.2, 0.25) is 11.6 Å². The fraction of sp³-hybridized carbons (Fsp3) is 0.500. The van der Waals surface area contributed by atoms with Gasteiger partial charge in [0, 0.05) is 19.4 Å². The lowest BCUT2D eigenvalue weighted by Crippen LogP contribution is -2.38. The number of hydrogen-bond donors (Lipinski definition) is 1. The molecule has 1 aromatic rings. The van der Waals surface area contributed by atoms with E-state index in [9.17, 15) is 22.4 Å². The predicted molar refractivity (Wildman–Crippen MR) is 85.2 cm³/mol. The number of rotatable bonds is 6. The molecule has 0 spiro atoms. The van der Waals surface area contributed by atoms with E-state index in [2.05, 4.69) is 0 Å². The minimum atomic E-state index is -3.25. The van der Waals surface area contributed by atoms with Crippen molar-refractivity contribution in [3.05, 3.63) is 29.8 Å². The van der Waals surface area contributed by atoms with Crippen LogP contribution in [0.2, 0.25) is 0 Å². The van der Waals surface area contributed by atoms with Crippen molar-refractivity contribution in [2.45, 2.75) is 36.8 Å². The molecule has 0 radical (unpaired) electrons. The third kappa shape index (κ3) is 3.92. The van der Waals surface area contributed by atoms with Crippen LogP contribution in [0, 0.1) is 0 Å². The first-order chi connectivity index (χ1) is 11.2. The van der Waals surface area contributed by atoms with Crippen LogP contribution in [-0.2, 0) is 25.8 Å². The molecule has 132 valence electrons. The molecule has 1 aliphatic heterocycles. The first kappa shape index (κ1) is 18.4. The van der Waals surface area contributed by atoms with Crippen molar-refractivity contribution < 1.29 is 27.5 Å². The average molecular weight is 357 g/mol. The molecule has 2 rings (SSSR count). The van der Waals surface area contributed by atoms with Gasteiger partial charge in [0.15, 0.2) is 9.84 Å². The normalized spacial score (nSPS) is 21.0. The van der Waals surface area contributed by atoms with Gasteiger partial charge in [0.25, 0.3) is 0 Å². The molecule has 8 heteroatoms. The van der Waals surface area contributed by atoms with Crippen LogP contribution in [0.3, 0.4) is 0 Å².